The Hall–Kier alpha value is -1.02. The van der Waals surface area contributed by atoms with Crippen LogP contribution in [0.15, 0.2) is 24.3 Å². The minimum atomic E-state index is 0.476. The first-order valence-electron chi connectivity index (χ1n) is 7.76. The number of anilines is 1. The van der Waals surface area contributed by atoms with Gasteiger partial charge in [0.15, 0.2) is 0 Å². The van der Waals surface area contributed by atoms with Crippen LogP contribution in [-0.2, 0) is 0 Å². The van der Waals surface area contributed by atoms with Crippen LogP contribution in [0.5, 0.6) is 0 Å². The quantitative estimate of drug-likeness (QED) is 0.861. The van der Waals surface area contributed by atoms with Gasteiger partial charge in [-0.2, -0.15) is 0 Å². The molecule has 0 bridgehead atoms. The van der Waals surface area contributed by atoms with Gasteiger partial charge in [0, 0.05) is 24.3 Å². The fourth-order valence-corrected chi connectivity index (χ4v) is 3.40. The standard InChI is InChI=1S/C17H28N2/c1-5-16(18-6-2)15-9-7-8-10-17(15)19-12-13(3)11-14(19)4/h7-10,13-14,16,18H,5-6,11-12H2,1-4H3. The Morgan fingerprint density at radius 1 is 1.26 bits per heavy atom. The van der Waals surface area contributed by atoms with Crippen molar-refractivity contribution in [1.29, 1.82) is 0 Å². The van der Waals surface area contributed by atoms with E-state index in [4.69, 9.17) is 0 Å². The molecule has 1 aliphatic heterocycles. The normalized spacial score (nSPS) is 24.7. The molecule has 0 aromatic heterocycles. The van der Waals surface area contributed by atoms with Crippen LogP contribution in [0.2, 0.25) is 0 Å². The van der Waals surface area contributed by atoms with E-state index in [0.29, 0.717) is 12.1 Å². The van der Waals surface area contributed by atoms with Crippen LogP contribution in [0.1, 0.15) is 52.1 Å². The SMILES string of the molecule is CCNC(CC)c1ccccc1N1CC(C)CC1C. The molecule has 1 heterocycles. The Balaban J connectivity index is 2.30. The molecule has 0 amide bonds. The lowest BCUT2D eigenvalue weighted by molar-refractivity contribution is 0.535. The highest BCUT2D eigenvalue weighted by molar-refractivity contribution is 5.56. The molecule has 19 heavy (non-hydrogen) atoms. The molecule has 3 atom stereocenters. The monoisotopic (exact) mass is 260 g/mol. The first-order valence-corrected chi connectivity index (χ1v) is 7.76. The summed E-state index contributed by atoms with van der Waals surface area (Å²) in [5, 5.41) is 3.61. The zero-order valence-electron chi connectivity index (χ0n) is 12.8. The van der Waals surface area contributed by atoms with Gasteiger partial charge in [-0.3, -0.25) is 0 Å². The molecule has 1 aromatic rings. The molecule has 0 radical (unpaired) electrons. The Bertz CT molecular complexity index is 402. The van der Waals surface area contributed by atoms with E-state index in [2.05, 4.69) is 62.2 Å². The second-order valence-corrected chi connectivity index (χ2v) is 5.92. The van der Waals surface area contributed by atoms with Gasteiger partial charge in [-0.1, -0.05) is 39.0 Å². The molecular weight excluding hydrogens is 232 g/mol. The Morgan fingerprint density at radius 2 is 2.00 bits per heavy atom. The van der Waals surface area contributed by atoms with Crippen molar-refractivity contribution < 1.29 is 0 Å². The summed E-state index contributed by atoms with van der Waals surface area (Å²) in [5.74, 6) is 0.808. The lowest BCUT2D eigenvalue weighted by Crippen LogP contribution is -2.30. The molecule has 1 N–H and O–H groups in total. The fourth-order valence-electron chi connectivity index (χ4n) is 3.40. The third-order valence-corrected chi connectivity index (χ3v) is 4.26. The molecular formula is C17H28N2. The molecule has 2 rings (SSSR count). The van der Waals surface area contributed by atoms with Gasteiger partial charge < -0.3 is 10.2 Å². The number of nitrogens with one attached hydrogen (secondary N) is 1. The van der Waals surface area contributed by atoms with E-state index in [9.17, 15) is 0 Å². The van der Waals surface area contributed by atoms with Crippen molar-refractivity contribution in [2.75, 3.05) is 18.0 Å². The van der Waals surface area contributed by atoms with Crippen molar-refractivity contribution in [3.63, 3.8) is 0 Å². The summed E-state index contributed by atoms with van der Waals surface area (Å²) in [5.41, 5.74) is 2.90. The Kier molecular flexibility index (Phi) is 4.87. The minimum absolute atomic E-state index is 0.476. The van der Waals surface area contributed by atoms with Crippen LogP contribution < -0.4 is 10.2 Å². The predicted molar refractivity (Wildman–Crippen MR) is 83.7 cm³/mol. The van der Waals surface area contributed by atoms with Gasteiger partial charge in [0.25, 0.3) is 0 Å². The topological polar surface area (TPSA) is 15.3 Å². The van der Waals surface area contributed by atoms with E-state index in [1.165, 1.54) is 24.2 Å². The summed E-state index contributed by atoms with van der Waals surface area (Å²) < 4.78 is 0. The van der Waals surface area contributed by atoms with Crippen molar-refractivity contribution in [2.24, 2.45) is 5.92 Å². The molecule has 0 saturated carbocycles. The summed E-state index contributed by atoms with van der Waals surface area (Å²) >= 11 is 0. The summed E-state index contributed by atoms with van der Waals surface area (Å²) in [6, 6.07) is 10.1. The molecule has 1 aliphatic rings. The molecule has 3 unspecified atom stereocenters. The maximum absolute atomic E-state index is 3.61. The highest BCUT2D eigenvalue weighted by Gasteiger charge is 2.28. The van der Waals surface area contributed by atoms with Gasteiger partial charge in [-0.05, 0) is 43.9 Å². The van der Waals surface area contributed by atoms with E-state index >= 15 is 0 Å². The van der Waals surface area contributed by atoms with Crippen molar-refractivity contribution >= 4 is 5.69 Å². The number of hydrogen-bond donors (Lipinski definition) is 1. The van der Waals surface area contributed by atoms with Gasteiger partial charge in [0.1, 0.15) is 0 Å². The van der Waals surface area contributed by atoms with E-state index in [1.807, 2.05) is 0 Å². The van der Waals surface area contributed by atoms with E-state index < -0.39 is 0 Å². The molecule has 2 heteroatoms. The molecule has 1 fully saturated rings. The fraction of sp³-hybridized carbons (Fsp3) is 0.647. The summed E-state index contributed by atoms with van der Waals surface area (Å²) in [6.45, 7) is 11.4. The average molecular weight is 260 g/mol. The van der Waals surface area contributed by atoms with E-state index in [-0.39, 0.29) is 0 Å². The lowest BCUT2D eigenvalue weighted by Gasteiger charge is -2.29. The van der Waals surface area contributed by atoms with Crippen LogP contribution in [0.4, 0.5) is 5.69 Å². The largest absolute Gasteiger partial charge is 0.368 e. The summed E-state index contributed by atoms with van der Waals surface area (Å²) in [6.07, 6.45) is 2.45. The lowest BCUT2D eigenvalue weighted by atomic mass is 10.0. The van der Waals surface area contributed by atoms with Gasteiger partial charge in [-0.15, -0.1) is 0 Å². The molecule has 1 saturated heterocycles. The second kappa shape index (κ2) is 6.42. The van der Waals surface area contributed by atoms with Crippen molar-refractivity contribution in [3.8, 4) is 0 Å². The van der Waals surface area contributed by atoms with Gasteiger partial charge in [-0.25, -0.2) is 0 Å². The number of nitrogens with zero attached hydrogens (tertiary/aromatic N) is 1. The minimum Gasteiger partial charge on any atom is -0.368 e. The predicted octanol–water partition coefficient (Wildman–Crippen LogP) is 3.98. The van der Waals surface area contributed by atoms with Crippen LogP contribution in [0.3, 0.4) is 0 Å². The Labute approximate surface area is 118 Å². The molecule has 106 valence electrons. The number of para-hydroxylation sites is 1. The average Bonchev–Trinajstić information content (AvgIpc) is 2.75. The van der Waals surface area contributed by atoms with Crippen molar-refractivity contribution in [2.45, 2.75) is 52.6 Å². The summed E-state index contributed by atoms with van der Waals surface area (Å²) in [4.78, 5) is 2.60. The van der Waals surface area contributed by atoms with Crippen LogP contribution in [0.25, 0.3) is 0 Å². The highest BCUT2D eigenvalue weighted by Crippen LogP contribution is 2.34. The van der Waals surface area contributed by atoms with Gasteiger partial charge >= 0.3 is 0 Å². The van der Waals surface area contributed by atoms with E-state index in [1.54, 1.807) is 0 Å². The zero-order chi connectivity index (χ0) is 13.8. The van der Waals surface area contributed by atoms with Gasteiger partial charge in [0.05, 0.1) is 0 Å². The third-order valence-electron chi connectivity index (χ3n) is 4.26. The maximum Gasteiger partial charge on any atom is 0.0417 e. The highest BCUT2D eigenvalue weighted by atomic mass is 15.2. The molecule has 0 spiro atoms. The maximum atomic E-state index is 3.61. The van der Waals surface area contributed by atoms with Crippen LogP contribution in [-0.4, -0.2) is 19.1 Å². The Morgan fingerprint density at radius 3 is 2.58 bits per heavy atom. The van der Waals surface area contributed by atoms with Crippen molar-refractivity contribution in [3.05, 3.63) is 29.8 Å². The molecule has 2 nitrogen and oxygen atoms in total. The first kappa shape index (κ1) is 14.4. The number of hydrogen-bond acceptors (Lipinski definition) is 2. The number of benzene rings is 1. The van der Waals surface area contributed by atoms with E-state index in [0.717, 1.165) is 18.9 Å². The third kappa shape index (κ3) is 3.11. The molecule has 1 aromatic carbocycles. The van der Waals surface area contributed by atoms with Crippen molar-refractivity contribution in [1.82, 2.24) is 5.32 Å². The van der Waals surface area contributed by atoms with Crippen LogP contribution in [0, 0.1) is 5.92 Å². The first-order chi connectivity index (χ1) is 9.17. The summed E-state index contributed by atoms with van der Waals surface area (Å²) in [7, 11) is 0. The van der Waals surface area contributed by atoms with Crippen LogP contribution >= 0.6 is 0 Å². The molecule has 0 aliphatic carbocycles. The second-order valence-electron chi connectivity index (χ2n) is 5.92. The zero-order valence-corrected chi connectivity index (χ0v) is 12.8. The smallest absolute Gasteiger partial charge is 0.0417 e. The number of rotatable bonds is 5. The van der Waals surface area contributed by atoms with Gasteiger partial charge in [0.2, 0.25) is 0 Å².